The third-order valence-electron chi connectivity index (χ3n) is 2.91. The van der Waals surface area contributed by atoms with E-state index in [4.69, 9.17) is 0 Å². The molecule has 21 heavy (non-hydrogen) atoms. The second-order valence-corrected chi connectivity index (χ2v) is 5.42. The summed E-state index contributed by atoms with van der Waals surface area (Å²) in [6, 6.07) is 11.3. The van der Waals surface area contributed by atoms with Crippen LogP contribution < -0.4 is 10.6 Å². The molecule has 0 unspecified atom stereocenters. The van der Waals surface area contributed by atoms with Gasteiger partial charge in [-0.2, -0.15) is 0 Å². The van der Waals surface area contributed by atoms with E-state index >= 15 is 0 Å². The predicted octanol–water partition coefficient (Wildman–Crippen LogP) is 3.88. The fourth-order valence-corrected chi connectivity index (χ4v) is 2.29. The van der Waals surface area contributed by atoms with Crippen molar-refractivity contribution in [3.8, 4) is 0 Å². The number of amides is 1. The van der Waals surface area contributed by atoms with Crippen molar-refractivity contribution in [2.75, 3.05) is 23.4 Å². The molecule has 1 amide bonds. The average molecular weight is 301 g/mol. The quantitative estimate of drug-likeness (QED) is 0.795. The van der Waals surface area contributed by atoms with Crippen LogP contribution in [0.2, 0.25) is 0 Å². The third-order valence-corrected chi connectivity index (χ3v) is 3.63. The SMILES string of the molecule is CCCNc1cc(C(=O)Nc2cccc(SC)c2)ccn1. The van der Waals surface area contributed by atoms with Crippen LogP contribution in [-0.2, 0) is 0 Å². The summed E-state index contributed by atoms with van der Waals surface area (Å²) in [5.74, 6) is 0.595. The summed E-state index contributed by atoms with van der Waals surface area (Å²) in [5.41, 5.74) is 1.39. The molecule has 0 radical (unpaired) electrons. The van der Waals surface area contributed by atoms with Gasteiger partial charge in [-0.15, -0.1) is 11.8 Å². The van der Waals surface area contributed by atoms with E-state index in [1.165, 1.54) is 0 Å². The maximum absolute atomic E-state index is 12.3. The summed E-state index contributed by atoms with van der Waals surface area (Å²) in [6.07, 6.45) is 4.67. The Morgan fingerprint density at radius 2 is 2.14 bits per heavy atom. The van der Waals surface area contributed by atoms with Crippen LogP contribution in [0.4, 0.5) is 11.5 Å². The largest absolute Gasteiger partial charge is 0.370 e. The predicted molar refractivity (Wildman–Crippen MR) is 89.2 cm³/mol. The summed E-state index contributed by atoms with van der Waals surface area (Å²) in [6.45, 7) is 2.93. The highest BCUT2D eigenvalue weighted by molar-refractivity contribution is 7.98. The molecule has 0 fully saturated rings. The van der Waals surface area contributed by atoms with E-state index in [-0.39, 0.29) is 5.91 Å². The molecule has 2 aromatic rings. The van der Waals surface area contributed by atoms with Gasteiger partial charge in [0, 0.05) is 28.9 Å². The second kappa shape index (κ2) is 7.69. The molecule has 0 aliphatic heterocycles. The fourth-order valence-electron chi connectivity index (χ4n) is 1.83. The molecule has 0 aliphatic carbocycles. The summed E-state index contributed by atoms with van der Waals surface area (Å²) < 4.78 is 0. The lowest BCUT2D eigenvalue weighted by molar-refractivity contribution is 0.102. The average Bonchev–Trinajstić information content (AvgIpc) is 2.53. The Morgan fingerprint density at radius 1 is 1.29 bits per heavy atom. The van der Waals surface area contributed by atoms with Crippen molar-refractivity contribution in [3.63, 3.8) is 0 Å². The normalized spacial score (nSPS) is 10.2. The topological polar surface area (TPSA) is 54.0 Å². The molecule has 4 nitrogen and oxygen atoms in total. The van der Waals surface area contributed by atoms with E-state index in [1.54, 1.807) is 30.1 Å². The molecule has 0 atom stereocenters. The molecule has 2 rings (SSSR count). The van der Waals surface area contributed by atoms with E-state index in [0.29, 0.717) is 5.56 Å². The lowest BCUT2D eigenvalue weighted by Crippen LogP contribution is -2.13. The molecule has 1 aromatic heterocycles. The number of anilines is 2. The van der Waals surface area contributed by atoms with Gasteiger partial charge >= 0.3 is 0 Å². The molecular weight excluding hydrogens is 282 g/mol. The van der Waals surface area contributed by atoms with Gasteiger partial charge in [0.1, 0.15) is 5.82 Å². The third kappa shape index (κ3) is 4.49. The van der Waals surface area contributed by atoms with Crippen molar-refractivity contribution in [1.82, 2.24) is 4.98 Å². The van der Waals surface area contributed by atoms with Gasteiger partial charge in [-0.1, -0.05) is 13.0 Å². The van der Waals surface area contributed by atoms with Crippen molar-refractivity contribution in [2.45, 2.75) is 18.2 Å². The number of nitrogens with one attached hydrogen (secondary N) is 2. The van der Waals surface area contributed by atoms with Gasteiger partial charge in [-0.3, -0.25) is 4.79 Å². The standard InChI is InChI=1S/C16H19N3OS/c1-3-8-17-15-10-12(7-9-18-15)16(20)19-13-5-4-6-14(11-13)21-2/h4-7,9-11H,3,8H2,1-2H3,(H,17,18)(H,19,20). The Labute approximate surface area is 129 Å². The highest BCUT2D eigenvalue weighted by atomic mass is 32.2. The van der Waals surface area contributed by atoms with Gasteiger partial charge in [0.15, 0.2) is 0 Å². The first-order chi connectivity index (χ1) is 10.2. The Hall–Kier alpha value is -2.01. The molecule has 2 N–H and O–H groups in total. The maximum atomic E-state index is 12.3. The zero-order chi connectivity index (χ0) is 15.1. The van der Waals surface area contributed by atoms with Crippen LogP contribution in [0.5, 0.6) is 0 Å². The van der Waals surface area contributed by atoms with Gasteiger partial charge in [0.05, 0.1) is 0 Å². The Morgan fingerprint density at radius 3 is 2.90 bits per heavy atom. The fraction of sp³-hybridized carbons (Fsp3) is 0.250. The Bertz CT molecular complexity index is 616. The molecule has 1 heterocycles. The number of hydrogen-bond donors (Lipinski definition) is 2. The smallest absolute Gasteiger partial charge is 0.255 e. The molecule has 0 bridgehead atoms. The number of aromatic nitrogens is 1. The van der Waals surface area contributed by atoms with E-state index < -0.39 is 0 Å². The van der Waals surface area contributed by atoms with Crippen molar-refractivity contribution in [3.05, 3.63) is 48.2 Å². The number of carbonyl (C=O) groups excluding carboxylic acids is 1. The van der Waals surface area contributed by atoms with Crippen LogP contribution in [0.1, 0.15) is 23.7 Å². The van der Waals surface area contributed by atoms with E-state index in [1.807, 2.05) is 30.5 Å². The zero-order valence-corrected chi connectivity index (χ0v) is 13.0. The highest BCUT2D eigenvalue weighted by Gasteiger charge is 2.07. The first kappa shape index (κ1) is 15.4. The van der Waals surface area contributed by atoms with Crippen LogP contribution in [0, 0.1) is 0 Å². The monoisotopic (exact) mass is 301 g/mol. The van der Waals surface area contributed by atoms with E-state index in [2.05, 4.69) is 22.5 Å². The molecule has 1 aromatic carbocycles. The van der Waals surface area contributed by atoms with Crippen LogP contribution in [0.25, 0.3) is 0 Å². The van der Waals surface area contributed by atoms with Crippen molar-refractivity contribution >= 4 is 29.2 Å². The molecule has 110 valence electrons. The number of benzene rings is 1. The van der Waals surface area contributed by atoms with Gasteiger partial charge < -0.3 is 10.6 Å². The highest BCUT2D eigenvalue weighted by Crippen LogP contribution is 2.19. The molecule has 5 heteroatoms. The lowest BCUT2D eigenvalue weighted by atomic mass is 10.2. The first-order valence-electron chi connectivity index (χ1n) is 6.88. The van der Waals surface area contributed by atoms with Crippen LogP contribution >= 0.6 is 11.8 Å². The number of thioether (sulfide) groups is 1. The van der Waals surface area contributed by atoms with Gasteiger partial charge in [0.2, 0.25) is 0 Å². The van der Waals surface area contributed by atoms with Crippen molar-refractivity contribution in [1.29, 1.82) is 0 Å². The number of hydrogen-bond acceptors (Lipinski definition) is 4. The summed E-state index contributed by atoms with van der Waals surface area (Å²) in [4.78, 5) is 17.6. The van der Waals surface area contributed by atoms with Crippen LogP contribution in [-0.4, -0.2) is 23.7 Å². The Kier molecular flexibility index (Phi) is 5.63. The molecule has 0 saturated carbocycles. The second-order valence-electron chi connectivity index (χ2n) is 4.54. The number of rotatable bonds is 6. The summed E-state index contributed by atoms with van der Waals surface area (Å²) >= 11 is 1.65. The van der Waals surface area contributed by atoms with Gasteiger partial charge in [0.25, 0.3) is 5.91 Å². The summed E-state index contributed by atoms with van der Waals surface area (Å²) in [5, 5.41) is 6.09. The maximum Gasteiger partial charge on any atom is 0.255 e. The lowest BCUT2D eigenvalue weighted by Gasteiger charge is -2.08. The minimum atomic E-state index is -0.129. The minimum absolute atomic E-state index is 0.129. The minimum Gasteiger partial charge on any atom is -0.370 e. The zero-order valence-electron chi connectivity index (χ0n) is 12.2. The molecule has 0 spiro atoms. The van der Waals surface area contributed by atoms with Gasteiger partial charge in [-0.05, 0) is 43.0 Å². The van der Waals surface area contributed by atoms with E-state index in [0.717, 1.165) is 29.4 Å². The van der Waals surface area contributed by atoms with Crippen LogP contribution in [0.15, 0.2) is 47.5 Å². The summed E-state index contributed by atoms with van der Waals surface area (Å²) in [7, 11) is 0. The number of carbonyl (C=O) groups is 1. The molecule has 0 aliphatic rings. The Balaban J connectivity index is 2.08. The molecule has 0 saturated heterocycles. The van der Waals surface area contributed by atoms with Crippen LogP contribution in [0.3, 0.4) is 0 Å². The van der Waals surface area contributed by atoms with E-state index in [9.17, 15) is 4.79 Å². The van der Waals surface area contributed by atoms with Crippen molar-refractivity contribution < 1.29 is 4.79 Å². The van der Waals surface area contributed by atoms with Gasteiger partial charge in [-0.25, -0.2) is 4.98 Å². The number of pyridine rings is 1. The number of nitrogens with zero attached hydrogens (tertiary/aromatic N) is 1. The van der Waals surface area contributed by atoms with Crippen molar-refractivity contribution in [2.24, 2.45) is 0 Å². The first-order valence-corrected chi connectivity index (χ1v) is 8.10. The molecular formula is C16H19N3OS.